The summed E-state index contributed by atoms with van der Waals surface area (Å²) in [4.78, 5) is 10.9. The Kier molecular flexibility index (Phi) is 3.87. The molecule has 2 amide bonds. The molecule has 4 nitrogen and oxygen atoms in total. The van der Waals surface area contributed by atoms with Gasteiger partial charge in [-0.15, -0.1) is 0 Å². The highest BCUT2D eigenvalue weighted by Crippen LogP contribution is 2.10. The van der Waals surface area contributed by atoms with Crippen LogP contribution in [0.1, 0.15) is 13.3 Å². The lowest BCUT2D eigenvalue weighted by atomic mass is 10.1. The minimum Gasteiger partial charge on any atom is -0.381 e. The highest BCUT2D eigenvalue weighted by atomic mass is 16.5. The van der Waals surface area contributed by atoms with E-state index in [1.807, 2.05) is 6.92 Å². The average molecular weight is 172 g/mol. The largest absolute Gasteiger partial charge is 0.381 e. The van der Waals surface area contributed by atoms with Gasteiger partial charge in [-0.2, -0.15) is 0 Å². The number of hydrogen-bond acceptors (Lipinski definition) is 2. The van der Waals surface area contributed by atoms with Gasteiger partial charge in [0.15, 0.2) is 0 Å². The lowest BCUT2D eigenvalue weighted by Crippen LogP contribution is -2.38. The van der Waals surface area contributed by atoms with E-state index in [1.54, 1.807) is 0 Å². The molecule has 70 valence electrons. The number of carbonyl (C=O) groups is 1. The number of rotatable bonds is 3. The summed E-state index contributed by atoms with van der Waals surface area (Å²) in [5.74, 6) is 0.507. The molecule has 0 saturated carbocycles. The number of urea groups is 1. The minimum absolute atomic E-state index is 0.0793. The summed E-state index contributed by atoms with van der Waals surface area (Å²) in [6.07, 6.45) is 1.06. The molecule has 0 radical (unpaired) electrons. The van der Waals surface area contributed by atoms with Gasteiger partial charge in [0.05, 0.1) is 6.61 Å². The van der Waals surface area contributed by atoms with E-state index in [2.05, 4.69) is 10.6 Å². The van der Waals surface area contributed by atoms with Crippen LogP contribution in [-0.4, -0.2) is 32.3 Å². The van der Waals surface area contributed by atoms with Gasteiger partial charge < -0.3 is 15.4 Å². The first-order valence-electron chi connectivity index (χ1n) is 4.42. The first-order valence-corrected chi connectivity index (χ1v) is 4.42. The summed E-state index contributed by atoms with van der Waals surface area (Å²) in [6, 6.07) is -0.0793. The monoisotopic (exact) mass is 172 g/mol. The molecule has 1 aliphatic heterocycles. The zero-order valence-electron chi connectivity index (χ0n) is 7.43. The van der Waals surface area contributed by atoms with Crippen molar-refractivity contribution < 1.29 is 9.53 Å². The van der Waals surface area contributed by atoms with Crippen LogP contribution in [0.4, 0.5) is 4.79 Å². The van der Waals surface area contributed by atoms with Crippen molar-refractivity contribution in [3.05, 3.63) is 0 Å². The minimum atomic E-state index is -0.0793. The van der Waals surface area contributed by atoms with Crippen molar-refractivity contribution in [2.24, 2.45) is 5.92 Å². The highest BCUT2D eigenvalue weighted by molar-refractivity contribution is 5.73. The Morgan fingerprint density at radius 2 is 2.42 bits per heavy atom. The van der Waals surface area contributed by atoms with E-state index in [0.29, 0.717) is 12.5 Å². The highest BCUT2D eigenvalue weighted by Gasteiger charge is 2.15. The summed E-state index contributed by atoms with van der Waals surface area (Å²) in [5, 5.41) is 5.47. The van der Waals surface area contributed by atoms with E-state index in [1.165, 1.54) is 0 Å². The van der Waals surface area contributed by atoms with Gasteiger partial charge >= 0.3 is 6.03 Å². The Hall–Kier alpha value is -0.770. The second kappa shape index (κ2) is 4.98. The molecule has 4 heteroatoms. The quantitative estimate of drug-likeness (QED) is 0.645. The molecule has 1 fully saturated rings. The second-order valence-corrected chi connectivity index (χ2v) is 2.97. The number of carbonyl (C=O) groups excluding carboxylic acids is 1. The van der Waals surface area contributed by atoms with Crippen LogP contribution < -0.4 is 10.6 Å². The van der Waals surface area contributed by atoms with Crippen molar-refractivity contribution in [1.82, 2.24) is 10.6 Å². The van der Waals surface area contributed by atoms with Crippen LogP contribution in [0.15, 0.2) is 0 Å². The van der Waals surface area contributed by atoms with Gasteiger partial charge in [0.1, 0.15) is 0 Å². The van der Waals surface area contributed by atoms with Crippen LogP contribution in [0.2, 0.25) is 0 Å². The molecule has 0 aromatic carbocycles. The van der Waals surface area contributed by atoms with Gasteiger partial charge in [0.25, 0.3) is 0 Å². The smallest absolute Gasteiger partial charge is 0.314 e. The van der Waals surface area contributed by atoms with E-state index < -0.39 is 0 Å². The summed E-state index contributed by atoms with van der Waals surface area (Å²) in [5.41, 5.74) is 0. The maximum Gasteiger partial charge on any atom is 0.314 e. The lowest BCUT2D eigenvalue weighted by molar-refractivity contribution is 0.185. The Balaban J connectivity index is 2.03. The predicted octanol–water partition coefficient (Wildman–Crippen LogP) is 0.342. The molecule has 1 saturated heterocycles. The average Bonchev–Trinajstić information content (AvgIpc) is 2.53. The molecule has 0 bridgehead atoms. The Bertz CT molecular complexity index is 144. The molecule has 1 rings (SSSR count). The maximum absolute atomic E-state index is 10.9. The molecule has 12 heavy (non-hydrogen) atoms. The lowest BCUT2D eigenvalue weighted by Gasteiger charge is -2.09. The molecule has 1 heterocycles. The summed E-state index contributed by atoms with van der Waals surface area (Å²) < 4.78 is 5.18. The van der Waals surface area contributed by atoms with E-state index in [0.717, 1.165) is 26.2 Å². The van der Waals surface area contributed by atoms with Crippen LogP contribution >= 0.6 is 0 Å². The summed E-state index contributed by atoms with van der Waals surface area (Å²) in [7, 11) is 0. The van der Waals surface area contributed by atoms with Crippen LogP contribution in [0.3, 0.4) is 0 Å². The normalized spacial score (nSPS) is 22.2. The fourth-order valence-corrected chi connectivity index (χ4v) is 1.20. The number of hydrogen-bond donors (Lipinski definition) is 2. The Labute approximate surface area is 72.7 Å². The number of ether oxygens (including phenoxy) is 1. The fourth-order valence-electron chi connectivity index (χ4n) is 1.20. The maximum atomic E-state index is 10.9. The molecular formula is C8H16N2O2. The zero-order valence-corrected chi connectivity index (χ0v) is 7.43. The van der Waals surface area contributed by atoms with Crippen molar-refractivity contribution in [1.29, 1.82) is 0 Å². The van der Waals surface area contributed by atoms with Gasteiger partial charge in [-0.25, -0.2) is 4.79 Å². The first kappa shape index (κ1) is 9.32. The van der Waals surface area contributed by atoms with Crippen LogP contribution in [-0.2, 0) is 4.74 Å². The van der Waals surface area contributed by atoms with Gasteiger partial charge in [-0.1, -0.05) is 0 Å². The second-order valence-electron chi connectivity index (χ2n) is 2.97. The van der Waals surface area contributed by atoms with Gasteiger partial charge in [-0.3, -0.25) is 0 Å². The molecule has 2 N–H and O–H groups in total. The molecule has 0 aromatic rings. The van der Waals surface area contributed by atoms with Crippen molar-refractivity contribution in [3.63, 3.8) is 0 Å². The number of nitrogens with one attached hydrogen (secondary N) is 2. The van der Waals surface area contributed by atoms with Gasteiger partial charge in [-0.05, 0) is 13.3 Å². The van der Waals surface area contributed by atoms with Crippen LogP contribution in [0, 0.1) is 5.92 Å². The molecule has 1 unspecified atom stereocenters. The SMILES string of the molecule is CCNC(=O)NCC1CCOC1. The molecule has 0 aliphatic carbocycles. The Morgan fingerprint density at radius 3 is 3.00 bits per heavy atom. The fraction of sp³-hybridized carbons (Fsp3) is 0.875. The van der Waals surface area contributed by atoms with E-state index in [-0.39, 0.29) is 6.03 Å². The number of amides is 2. The van der Waals surface area contributed by atoms with Gasteiger partial charge in [0.2, 0.25) is 0 Å². The molecule has 0 spiro atoms. The van der Waals surface area contributed by atoms with Crippen molar-refractivity contribution in [3.8, 4) is 0 Å². The third-order valence-electron chi connectivity index (χ3n) is 1.91. The third-order valence-corrected chi connectivity index (χ3v) is 1.91. The molecule has 1 aliphatic rings. The summed E-state index contributed by atoms with van der Waals surface area (Å²) in [6.45, 7) is 4.92. The van der Waals surface area contributed by atoms with Crippen LogP contribution in [0.25, 0.3) is 0 Å². The molecule has 0 aromatic heterocycles. The van der Waals surface area contributed by atoms with E-state index >= 15 is 0 Å². The van der Waals surface area contributed by atoms with Crippen molar-refractivity contribution in [2.45, 2.75) is 13.3 Å². The van der Waals surface area contributed by atoms with Crippen molar-refractivity contribution in [2.75, 3.05) is 26.3 Å². The topological polar surface area (TPSA) is 50.4 Å². The standard InChI is InChI=1S/C8H16N2O2/c1-2-9-8(11)10-5-7-3-4-12-6-7/h7H,2-6H2,1H3,(H2,9,10,11). The molecular weight excluding hydrogens is 156 g/mol. The molecule has 1 atom stereocenters. The van der Waals surface area contributed by atoms with Crippen LogP contribution in [0.5, 0.6) is 0 Å². The Morgan fingerprint density at radius 1 is 1.58 bits per heavy atom. The van der Waals surface area contributed by atoms with E-state index in [9.17, 15) is 4.79 Å². The predicted molar refractivity (Wildman–Crippen MR) is 46.0 cm³/mol. The van der Waals surface area contributed by atoms with E-state index in [4.69, 9.17) is 4.74 Å². The van der Waals surface area contributed by atoms with Gasteiger partial charge in [0, 0.05) is 25.6 Å². The third kappa shape index (κ3) is 3.09. The first-order chi connectivity index (χ1) is 5.83. The zero-order chi connectivity index (χ0) is 8.81. The van der Waals surface area contributed by atoms with Crippen molar-refractivity contribution >= 4 is 6.03 Å². The summed E-state index contributed by atoms with van der Waals surface area (Å²) >= 11 is 0.